The summed E-state index contributed by atoms with van der Waals surface area (Å²) in [5.41, 5.74) is 1.61. The Morgan fingerprint density at radius 3 is 1.69 bits per heavy atom. The van der Waals surface area contributed by atoms with Gasteiger partial charge in [0, 0.05) is 11.1 Å². The van der Waals surface area contributed by atoms with Gasteiger partial charge in [0.2, 0.25) is 0 Å². The molecule has 1 heterocycles. The number of amides is 1. The fourth-order valence-corrected chi connectivity index (χ4v) is 6.52. The van der Waals surface area contributed by atoms with Gasteiger partial charge in [-0.1, -0.05) is 60.2 Å². The molecule has 5 rings (SSSR count). The standard InChI is InChI=1S/C29H25NO5S/c1-20-8-18-25(19-9-20)36(32,33)30-28(31)26-6-4-5-7-27(26)29(30,21-10-14-23(34-2)15-11-21)22-12-16-24(35-3)17-13-22/h4-19H,1-3H3. The summed E-state index contributed by atoms with van der Waals surface area (Å²) in [7, 11) is -1.15. The molecule has 4 aromatic carbocycles. The van der Waals surface area contributed by atoms with Crippen molar-refractivity contribution in [2.45, 2.75) is 17.4 Å². The van der Waals surface area contributed by atoms with E-state index in [0.29, 0.717) is 33.8 Å². The van der Waals surface area contributed by atoms with Crippen molar-refractivity contribution >= 4 is 15.9 Å². The van der Waals surface area contributed by atoms with Gasteiger partial charge in [-0.3, -0.25) is 4.79 Å². The molecule has 4 aromatic rings. The van der Waals surface area contributed by atoms with Crippen molar-refractivity contribution in [3.05, 3.63) is 125 Å². The number of rotatable bonds is 6. The minimum Gasteiger partial charge on any atom is -0.497 e. The molecule has 0 saturated heterocycles. The third kappa shape index (κ3) is 3.46. The normalized spacial score (nSPS) is 14.4. The molecule has 0 bridgehead atoms. The van der Waals surface area contributed by atoms with Crippen LogP contribution in [0.15, 0.2) is 102 Å². The molecule has 0 atom stereocenters. The number of methoxy groups -OCH3 is 2. The Kier molecular flexibility index (Phi) is 5.80. The number of aryl methyl sites for hydroxylation is 1. The number of carbonyl (C=O) groups is 1. The van der Waals surface area contributed by atoms with Gasteiger partial charge in [-0.2, -0.15) is 0 Å². The second-order valence-corrected chi connectivity index (χ2v) is 10.4. The Bertz CT molecular complexity index is 1480. The fourth-order valence-electron chi connectivity index (χ4n) is 4.84. The minimum atomic E-state index is -4.29. The van der Waals surface area contributed by atoms with Gasteiger partial charge in [-0.15, -0.1) is 0 Å². The SMILES string of the molecule is COc1ccc(C2(c3ccc(OC)cc3)c3ccccc3C(=O)N2S(=O)(=O)c2ccc(C)cc2)cc1. The lowest BCUT2D eigenvalue weighted by atomic mass is 9.78. The van der Waals surface area contributed by atoms with Gasteiger partial charge >= 0.3 is 0 Å². The van der Waals surface area contributed by atoms with Crippen LogP contribution in [-0.4, -0.2) is 32.8 Å². The van der Waals surface area contributed by atoms with Crippen LogP contribution in [-0.2, 0) is 15.6 Å². The monoisotopic (exact) mass is 499 g/mol. The first-order chi connectivity index (χ1) is 17.3. The maximum atomic E-state index is 14.3. The highest BCUT2D eigenvalue weighted by Crippen LogP contribution is 2.51. The number of benzene rings is 4. The summed E-state index contributed by atoms with van der Waals surface area (Å²) in [6, 6.07) is 27.8. The maximum Gasteiger partial charge on any atom is 0.269 e. The van der Waals surface area contributed by atoms with Gasteiger partial charge in [-0.05, 0) is 60.5 Å². The summed E-state index contributed by atoms with van der Waals surface area (Å²) < 4.78 is 40.3. The van der Waals surface area contributed by atoms with Crippen LogP contribution in [0.1, 0.15) is 32.6 Å². The molecule has 182 valence electrons. The summed E-state index contributed by atoms with van der Waals surface area (Å²) in [6.45, 7) is 1.88. The van der Waals surface area contributed by atoms with Crippen molar-refractivity contribution in [2.24, 2.45) is 0 Å². The molecule has 0 aliphatic carbocycles. The van der Waals surface area contributed by atoms with Gasteiger partial charge in [0.1, 0.15) is 17.0 Å². The van der Waals surface area contributed by atoms with E-state index in [1.165, 1.54) is 12.1 Å². The molecule has 0 unspecified atom stereocenters. The molecule has 36 heavy (non-hydrogen) atoms. The number of hydrogen-bond acceptors (Lipinski definition) is 5. The van der Waals surface area contributed by atoms with Crippen LogP contribution in [0, 0.1) is 6.92 Å². The Morgan fingerprint density at radius 1 is 0.694 bits per heavy atom. The van der Waals surface area contributed by atoms with E-state index < -0.39 is 21.5 Å². The average Bonchev–Trinajstić information content (AvgIpc) is 3.19. The van der Waals surface area contributed by atoms with E-state index in [1.54, 1.807) is 87.0 Å². The number of nitrogens with zero attached hydrogens (tertiary/aromatic N) is 1. The highest BCUT2D eigenvalue weighted by Gasteiger charge is 2.57. The summed E-state index contributed by atoms with van der Waals surface area (Å²) in [5, 5.41) is 0. The molecule has 0 saturated carbocycles. The molecule has 1 amide bonds. The lowest BCUT2D eigenvalue weighted by Crippen LogP contribution is -2.49. The van der Waals surface area contributed by atoms with Crippen molar-refractivity contribution in [1.82, 2.24) is 4.31 Å². The molecule has 6 nitrogen and oxygen atoms in total. The topological polar surface area (TPSA) is 72.9 Å². The Hall–Kier alpha value is -4.10. The van der Waals surface area contributed by atoms with E-state index >= 15 is 0 Å². The second-order valence-electron chi connectivity index (χ2n) is 8.60. The van der Waals surface area contributed by atoms with E-state index in [1.807, 2.05) is 19.1 Å². The number of sulfonamides is 1. The smallest absolute Gasteiger partial charge is 0.269 e. The highest BCUT2D eigenvalue weighted by molar-refractivity contribution is 7.89. The van der Waals surface area contributed by atoms with Crippen molar-refractivity contribution in [3.63, 3.8) is 0 Å². The molecular weight excluding hydrogens is 474 g/mol. The van der Waals surface area contributed by atoms with Gasteiger partial charge < -0.3 is 9.47 Å². The quantitative estimate of drug-likeness (QED) is 0.367. The van der Waals surface area contributed by atoms with Gasteiger partial charge in [0.25, 0.3) is 15.9 Å². The zero-order valence-electron chi connectivity index (χ0n) is 20.1. The maximum absolute atomic E-state index is 14.3. The number of fused-ring (bicyclic) bond motifs is 1. The second kappa shape index (κ2) is 8.84. The van der Waals surface area contributed by atoms with E-state index in [-0.39, 0.29) is 4.90 Å². The zero-order valence-corrected chi connectivity index (χ0v) is 21.0. The molecule has 0 fully saturated rings. The minimum absolute atomic E-state index is 0.0423. The summed E-state index contributed by atoms with van der Waals surface area (Å²) in [6.07, 6.45) is 0. The van der Waals surface area contributed by atoms with Gasteiger partial charge in [0.15, 0.2) is 0 Å². The van der Waals surface area contributed by atoms with Crippen molar-refractivity contribution in [3.8, 4) is 11.5 Å². The predicted octanol–water partition coefficient (Wildman–Crippen LogP) is 5.15. The lowest BCUT2D eigenvalue weighted by Gasteiger charge is -2.39. The first-order valence-corrected chi connectivity index (χ1v) is 12.8. The zero-order chi connectivity index (χ0) is 25.5. The van der Waals surface area contributed by atoms with Crippen LogP contribution in [0.5, 0.6) is 11.5 Å². The largest absolute Gasteiger partial charge is 0.497 e. The van der Waals surface area contributed by atoms with Crippen LogP contribution in [0.25, 0.3) is 0 Å². The Balaban J connectivity index is 1.88. The molecule has 1 aliphatic heterocycles. The highest BCUT2D eigenvalue weighted by atomic mass is 32.2. The summed E-state index contributed by atoms with van der Waals surface area (Å²) in [5.74, 6) is 0.654. The molecule has 0 aromatic heterocycles. The van der Waals surface area contributed by atoms with Crippen LogP contribution in [0.4, 0.5) is 0 Å². The number of carbonyl (C=O) groups excluding carboxylic acids is 1. The van der Waals surface area contributed by atoms with Crippen LogP contribution in [0.2, 0.25) is 0 Å². The van der Waals surface area contributed by atoms with E-state index in [9.17, 15) is 13.2 Å². The molecule has 1 aliphatic rings. The Morgan fingerprint density at radius 2 is 1.19 bits per heavy atom. The average molecular weight is 500 g/mol. The molecule has 7 heteroatoms. The molecule has 0 spiro atoms. The van der Waals surface area contributed by atoms with Crippen molar-refractivity contribution in [1.29, 1.82) is 0 Å². The van der Waals surface area contributed by atoms with Crippen molar-refractivity contribution in [2.75, 3.05) is 14.2 Å². The third-order valence-corrected chi connectivity index (χ3v) is 8.40. The van der Waals surface area contributed by atoms with Crippen LogP contribution >= 0.6 is 0 Å². The fraction of sp³-hybridized carbons (Fsp3) is 0.138. The first kappa shape index (κ1) is 23.6. The van der Waals surface area contributed by atoms with Crippen molar-refractivity contribution < 1.29 is 22.7 Å². The third-order valence-electron chi connectivity index (χ3n) is 6.61. The molecule has 0 N–H and O–H groups in total. The summed E-state index contributed by atoms with van der Waals surface area (Å²) in [4.78, 5) is 14.0. The van der Waals surface area contributed by atoms with Crippen LogP contribution < -0.4 is 9.47 Å². The molecular formula is C29H25NO5S. The van der Waals surface area contributed by atoms with E-state index in [0.717, 1.165) is 9.87 Å². The van der Waals surface area contributed by atoms with E-state index in [4.69, 9.17) is 9.47 Å². The van der Waals surface area contributed by atoms with Gasteiger partial charge in [-0.25, -0.2) is 12.7 Å². The lowest BCUT2D eigenvalue weighted by molar-refractivity contribution is 0.0830. The molecule has 0 radical (unpaired) electrons. The Labute approximate surface area is 210 Å². The predicted molar refractivity (Wildman–Crippen MR) is 137 cm³/mol. The summed E-state index contributed by atoms with van der Waals surface area (Å²) >= 11 is 0. The van der Waals surface area contributed by atoms with E-state index in [2.05, 4.69) is 0 Å². The number of ether oxygens (including phenoxy) is 2. The number of hydrogen-bond donors (Lipinski definition) is 0. The first-order valence-electron chi connectivity index (χ1n) is 11.4. The van der Waals surface area contributed by atoms with Gasteiger partial charge in [0.05, 0.1) is 19.1 Å². The van der Waals surface area contributed by atoms with Crippen LogP contribution in [0.3, 0.4) is 0 Å².